The molecule has 1 fully saturated rings. The number of hydrogen-bond acceptors (Lipinski definition) is 3. The molecule has 0 saturated carbocycles. The predicted octanol–water partition coefficient (Wildman–Crippen LogP) is 4.04. The van der Waals surface area contributed by atoms with Gasteiger partial charge in [0.1, 0.15) is 0 Å². The molecule has 1 saturated heterocycles. The number of para-hydroxylation sites is 2. The van der Waals surface area contributed by atoms with E-state index in [-0.39, 0.29) is 11.2 Å². The summed E-state index contributed by atoms with van der Waals surface area (Å²) in [4.78, 5) is 17.2. The van der Waals surface area contributed by atoms with Crippen LogP contribution in [0.25, 0.3) is 11.0 Å². The molecule has 0 radical (unpaired) electrons. The van der Waals surface area contributed by atoms with Crippen LogP contribution in [0.3, 0.4) is 0 Å². The third-order valence-electron chi connectivity index (χ3n) is 4.82. The molecule has 1 aliphatic rings. The molecule has 1 N–H and O–H groups in total. The molecule has 26 heavy (non-hydrogen) atoms. The molecule has 1 aliphatic heterocycles. The number of aryl methyl sites for hydroxylation is 2. The molecule has 4 rings (SSSR count). The standard InChI is InChI=1S/C21H23N3OS/c25-20-19(12-6-7-14-22-20)26-21-23-17-10-4-5-11-18(17)24(21)15-13-16-8-2-1-3-9-16/h1-5,8-11,19H,6-7,12-15H2,(H,22,25)/t19-/m1/s1. The minimum Gasteiger partial charge on any atom is -0.355 e. The highest BCUT2D eigenvalue weighted by atomic mass is 32.2. The number of fused-ring (bicyclic) bond motifs is 1. The van der Waals surface area contributed by atoms with E-state index >= 15 is 0 Å². The van der Waals surface area contributed by atoms with E-state index in [1.807, 2.05) is 18.2 Å². The van der Waals surface area contributed by atoms with Crippen LogP contribution in [0.1, 0.15) is 24.8 Å². The minimum absolute atomic E-state index is 0.0511. The number of carbonyl (C=O) groups excluding carboxylic acids is 1. The minimum atomic E-state index is -0.0511. The van der Waals surface area contributed by atoms with Crippen molar-refractivity contribution in [2.45, 2.75) is 42.6 Å². The summed E-state index contributed by atoms with van der Waals surface area (Å²) in [7, 11) is 0. The lowest BCUT2D eigenvalue weighted by molar-refractivity contribution is -0.120. The summed E-state index contributed by atoms with van der Waals surface area (Å²) in [6, 6.07) is 18.7. The first kappa shape index (κ1) is 17.2. The van der Waals surface area contributed by atoms with Crippen molar-refractivity contribution < 1.29 is 4.79 Å². The van der Waals surface area contributed by atoms with Crippen molar-refractivity contribution in [3.8, 4) is 0 Å². The van der Waals surface area contributed by atoms with Crippen LogP contribution in [0.2, 0.25) is 0 Å². The van der Waals surface area contributed by atoms with E-state index in [2.05, 4.69) is 46.3 Å². The number of hydrogen-bond donors (Lipinski definition) is 1. The molecule has 5 heteroatoms. The Morgan fingerprint density at radius 3 is 2.77 bits per heavy atom. The van der Waals surface area contributed by atoms with Gasteiger partial charge >= 0.3 is 0 Å². The predicted molar refractivity (Wildman–Crippen MR) is 106 cm³/mol. The molecule has 0 unspecified atom stereocenters. The molecule has 3 aromatic rings. The average molecular weight is 366 g/mol. The highest BCUT2D eigenvalue weighted by molar-refractivity contribution is 8.00. The van der Waals surface area contributed by atoms with E-state index in [1.165, 1.54) is 5.56 Å². The number of nitrogens with zero attached hydrogens (tertiary/aromatic N) is 2. The molecule has 0 aliphatic carbocycles. The van der Waals surface area contributed by atoms with Gasteiger partial charge in [-0.25, -0.2) is 4.98 Å². The highest BCUT2D eigenvalue weighted by Gasteiger charge is 2.24. The van der Waals surface area contributed by atoms with Crippen molar-refractivity contribution in [3.05, 3.63) is 60.2 Å². The van der Waals surface area contributed by atoms with E-state index in [1.54, 1.807) is 11.8 Å². The Balaban J connectivity index is 1.61. The van der Waals surface area contributed by atoms with Crippen LogP contribution in [-0.2, 0) is 17.8 Å². The summed E-state index contributed by atoms with van der Waals surface area (Å²) in [6.45, 7) is 1.65. The van der Waals surface area contributed by atoms with Gasteiger partial charge in [-0.3, -0.25) is 4.79 Å². The average Bonchev–Trinajstić information content (AvgIpc) is 2.89. The van der Waals surface area contributed by atoms with Crippen LogP contribution in [-0.4, -0.2) is 27.3 Å². The Kier molecular flexibility index (Phi) is 5.25. The Labute approximate surface area is 158 Å². The van der Waals surface area contributed by atoms with Crippen LogP contribution < -0.4 is 5.32 Å². The molecule has 4 nitrogen and oxygen atoms in total. The summed E-state index contributed by atoms with van der Waals surface area (Å²) in [6.07, 6.45) is 4.01. The zero-order valence-corrected chi connectivity index (χ0v) is 15.5. The van der Waals surface area contributed by atoms with Gasteiger partial charge in [-0.1, -0.05) is 60.6 Å². The van der Waals surface area contributed by atoms with E-state index in [4.69, 9.17) is 4.98 Å². The fraction of sp³-hybridized carbons (Fsp3) is 0.333. The van der Waals surface area contributed by atoms with Gasteiger partial charge in [-0.15, -0.1) is 0 Å². The summed E-state index contributed by atoms with van der Waals surface area (Å²) in [5.74, 6) is 0.147. The Hall–Kier alpha value is -2.27. The van der Waals surface area contributed by atoms with Crippen LogP contribution in [0.15, 0.2) is 59.8 Å². The number of thioether (sulfide) groups is 1. The summed E-state index contributed by atoms with van der Waals surface area (Å²) in [5.41, 5.74) is 3.45. The maximum Gasteiger partial charge on any atom is 0.233 e. The van der Waals surface area contributed by atoms with Crippen molar-refractivity contribution in [2.24, 2.45) is 0 Å². The first-order valence-electron chi connectivity index (χ1n) is 9.25. The second-order valence-electron chi connectivity index (χ2n) is 6.66. The van der Waals surface area contributed by atoms with Crippen molar-refractivity contribution in [1.82, 2.24) is 14.9 Å². The molecule has 2 heterocycles. The third kappa shape index (κ3) is 3.78. The van der Waals surface area contributed by atoms with Crippen LogP contribution in [0.4, 0.5) is 0 Å². The molecule has 134 valence electrons. The quantitative estimate of drug-likeness (QED) is 0.742. The van der Waals surface area contributed by atoms with Gasteiger partial charge in [0.05, 0.1) is 16.3 Å². The van der Waals surface area contributed by atoms with Gasteiger partial charge in [-0.05, 0) is 37.0 Å². The molecule has 1 atom stereocenters. The van der Waals surface area contributed by atoms with Crippen LogP contribution in [0.5, 0.6) is 0 Å². The van der Waals surface area contributed by atoms with E-state index in [9.17, 15) is 4.79 Å². The molecular formula is C21H23N3OS. The Bertz CT molecular complexity index is 891. The second-order valence-corrected chi connectivity index (χ2v) is 7.83. The number of aromatic nitrogens is 2. The maximum absolute atomic E-state index is 12.4. The molecule has 1 amide bonds. The maximum atomic E-state index is 12.4. The number of carbonyl (C=O) groups is 1. The second kappa shape index (κ2) is 7.96. The Morgan fingerprint density at radius 1 is 1.08 bits per heavy atom. The van der Waals surface area contributed by atoms with Crippen molar-refractivity contribution in [3.63, 3.8) is 0 Å². The SMILES string of the molecule is O=C1NCCCC[C@H]1Sc1nc2ccccc2n1CCc1ccccc1. The summed E-state index contributed by atoms with van der Waals surface area (Å²) < 4.78 is 2.27. The topological polar surface area (TPSA) is 46.9 Å². The lowest BCUT2D eigenvalue weighted by atomic mass is 10.1. The third-order valence-corrected chi connectivity index (χ3v) is 6.08. The molecule has 2 aromatic carbocycles. The first-order valence-corrected chi connectivity index (χ1v) is 10.1. The number of amides is 1. The zero-order valence-electron chi connectivity index (χ0n) is 14.7. The van der Waals surface area contributed by atoms with E-state index < -0.39 is 0 Å². The van der Waals surface area contributed by atoms with E-state index in [0.717, 1.165) is 55.0 Å². The molecule has 0 spiro atoms. The van der Waals surface area contributed by atoms with Crippen molar-refractivity contribution in [1.29, 1.82) is 0 Å². The van der Waals surface area contributed by atoms with Gasteiger partial charge in [0.2, 0.25) is 5.91 Å². The van der Waals surface area contributed by atoms with Crippen molar-refractivity contribution >= 4 is 28.7 Å². The zero-order chi connectivity index (χ0) is 17.8. The summed E-state index contributed by atoms with van der Waals surface area (Å²) in [5, 5.41) is 3.93. The van der Waals surface area contributed by atoms with Gasteiger partial charge < -0.3 is 9.88 Å². The number of nitrogens with one attached hydrogen (secondary N) is 1. The monoisotopic (exact) mass is 365 g/mol. The lowest BCUT2D eigenvalue weighted by Gasteiger charge is -2.14. The molecule has 0 bridgehead atoms. The van der Waals surface area contributed by atoms with E-state index in [0.29, 0.717) is 0 Å². The van der Waals surface area contributed by atoms with Gasteiger partial charge in [0.15, 0.2) is 5.16 Å². The van der Waals surface area contributed by atoms with Gasteiger partial charge in [0, 0.05) is 13.1 Å². The van der Waals surface area contributed by atoms with Gasteiger partial charge in [0.25, 0.3) is 0 Å². The summed E-state index contributed by atoms with van der Waals surface area (Å²) >= 11 is 1.61. The number of imidazole rings is 1. The van der Waals surface area contributed by atoms with Gasteiger partial charge in [-0.2, -0.15) is 0 Å². The van der Waals surface area contributed by atoms with Crippen LogP contribution >= 0.6 is 11.8 Å². The number of benzene rings is 2. The normalized spacial score (nSPS) is 17.8. The number of rotatable bonds is 5. The highest BCUT2D eigenvalue weighted by Crippen LogP contribution is 2.30. The van der Waals surface area contributed by atoms with Crippen molar-refractivity contribution in [2.75, 3.05) is 6.54 Å². The lowest BCUT2D eigenvalue weighted by Crippen LogP contribution is -2.30. The molecular weight excluding hydrogens is 342 g/mol. The first-order chi connectivity index (χ1) is 12.8. The van der Waals surface area contributed by atoms with Crippen LogP contribution in [0, 0.1) is 0 Å². The smallest absolute Gasteiger partial charge is 0.233 e. The molecule has 1 aromatic heterocycles. The fourth-order valence-electron chi connectivity index (χ4n) is 3.40. The largest absolute Gasteiger partial charge is 0.355 e. The Morgan fingerprint density at radius 2 is 1.88 bits per heavy atom. The fourth-order valence-corrected chi connectivity index (χ4v) is 4.59.